The second-order valence-corrected chi connectivity index (χ2v) is 5.13. The Balaban J connectivity index is 2.05. The van der Waals surface area contributed by atoms with E-state index in [0.717, 1.165) is 35.5 Å². The standard InChI is InChI=1S/C15H14N4O/c1-18-8-3-6-12(18)14-17-11-5-2-4-10-13(11)19(14)9-7-16-15(10)20/h2,4-6,8H,3,7,9H2,1H3/p+1. The van der Waals surface area contributed by atoms with Crippen LogP contribution in [0.3, 0.4) is 0 Å². The lowest BCUT2D eigenvalue weighted by molar-refractivity contribution is -0.388. The summed E-state index contributed by atoms with van der Waals surface area (Å²) in [6.07, 6.45) is 5.23. The lowest BCUT2D eigenvalue weighted by Gasteiger charge is -2.05. The third-order valence-electron chi connectivity index (χ3n) is 3.93. The van der Waals surface area contributed by atoms with Crippen LogP contribution in [-0.2, 0) is 6.54 Å². The molecular formula is C15H15N4O+. The first-order chi connectivity index (χ1) is 9.75. The Kier molecular flexibility index (Phi) is 2.30. The number of nitrogens with zero attached hydrogens (tertiary/aromatic N) is 3. The van der Waals surface area contributed by atoms with Gasteiger partial charge >= 0.3 is 0 Å². The van der Waals surface area contributed by atoms with Crippen molar-refractivity contribution in [3.05, 3.63) is 35.7 Å². The van der Waals surface area contributed by atoms with E-state index in [9.17, 15) is 4.79 Å². The molecule has 1 aromatic heterocycles. The number of para-hydroxylation sites is 1. The van der Waals surface area contributed by atoms with Gasteiger partial charge in [-0.05, 0) is 12.1 Å². The number of imidazole rings is 1. The molecule has 0 unspecified atom stereocenters. The summed E-state index contributed by atoms with van der Waals surface area (Å²) in [5, 5.41) is 2.94. The molecule has 20 heavy (non-hydrogen) atoms. The van der Waals surface area contributed by atoms with Crippen LogP contribution in [0.5, 0.6) is 0 Å². The second kappa shape index (κ2) is 4.03. The van der Waals surface area contributed by atoms with Gasteiger partial charge in [-0.2, -0.15) is 0 Å². The molecule has 1 N–H and O–H groups in total. The van der Waals surface area contributed by atoms with E-state index in [1.54, 1.807) is 0 Å². The van der Waals surface area contributed by atoms with Crippen LogP contribution in [0.4, 0.5) is 0 Å². The third-order valence-corrected chi connectivity index (χ3v) is 3.93. The number of amides is 1. The van der Waals surface area contributed by atoms with Gasteiger partial charge < -0.3 is 9.88 Å². The van der Waals surface area contributed by atoms with Crippen molar-refractivity contribution < 1.29 is 9.37 Å². The van der Waals surface area contributed by atoms with Crippen LogP contribution >= 0.6 is 0 Å². The van der Waals surface area contributed by atoms with Crippen LogP contribution in [0, 0.1) is 0 Å². The highest BCUT2D eigenvalue weighted by Crippen LogP contribution is 2.27. The van der Waals surface area contributed by atoms with E-state index in [0.29, 0.717) is 12.1 Å². The van der Waals surface area contributed by atoms with Crippen LogP contribution in [0.25, 0.3) is 16.7 Å². The summed E-state index contributed by atoms with van der Waals surface area (Å²) < 4.78 is 4.26. The minimum Gasteiger partial charge on any atom is -0.350 e. The van der Waals surface area contributed by atoms with E-state index < -0.39 is 0 Å². The maximum Gasteiger partial charge on any atom is 0.253 e. The van der Waals surface area contributed by atoms with Gasteiger partial charge in [0.1, 0.15) is 13.3 Å². The molecule has 0 fully saturated rings. The van der Waals surface area contributed by atoms with Gasteiger partial charge in [-0.15, -0.1) is 0 Å². The largest absolute Gasteiger partial charge is 0.350 e. The molecule has 0 atom stereocenters. The van der Waals surface area contributed by atoms with E-state index >= 15 is 0 Å². The number of nitrogens with one attached hydrogen (secondary N) is 1. The zero-order chi connectivity index (χ0) is 13.7. The smallest absolute Gasteiger partial charge is 0.253 e. The average molecular weight is 267 g/mol. The van der Waals surface area contributed by atoms with Crippen molar-refractivity contribution >= 4 is 28.9 Å². The molecule has 2 aromatic rings. The Morgan fingerprint density at radius 2 is 2.30 bits per heavy atom. The summed E-state index contributed by atoms with van der Waals surface area (Å²) in [5.41, 5.74) is 3.65. The number of hydrogen-bond donors (Lipinski definition) is 1. The molecule has 0 aliphatic carbocycles. The first kappa shape index (κ1) is 11.4. The van der Waals surface area contributed by atoms with Gasteiger partial charge in [0, 0.05) is 25.6 Å². The summed E-state index contributed by atoms with van der Waals surface area (Å²) >= 11 is 0. The average Bonchev–Trinajstić information content (AvgIpc) is 2.97. The molecule has 0 spiro atoms. The van der Waals surface area contributed by atoms with Crippen molar-refractivity contribution in [3.63, 3.8) is 0 Å². The van der Waals surface area contributed by atoms with Gasteiger partial charge in [-0.25, -0.2) is 9.56 Å². The molecule has 0 bridgehead atoms. The van der Waals surface area contributed by atoms with Crippen LogP contribution in [0.1, 0.15) is 22.6 Å². The van der Waals surface area contributed by atoms with Crippen LogP contribution in [-0.4, -0.2) is 39.8 Å². The predicted octanol–water partition coefficient (Wildman–Crippen LogP) is 1.24. The summed E-state index contributed by atoms with van der Waals surface area (Å²) in [5.74, 6) is 0.932. The Bertz CT molecular complexity index is 798. The van der Waals surface area contributed by atoms with Crippen molar-refractivity contribution in [1.82, 2.24) is 14.9 Å². The highest BCUT2D eigenvalue weighted by atomic mass is 16.1. The van der Waals surface area contributed by atoms with Crippen molar-refractivity contribution in [2.45, 2.75) is 13.0 Å². The second-order valence-electron chi connectivity index (χ2n) is 5.13. The molecule has 0 radical (unpaired) electrons. The maximum atomic E-state index is 12.1. The summed E-state index contributed by atoms with van der Waals surface area (Å²) in [7, 11) is 2.03. The molecule has 100 valence electrons. The van der Waals surface area contributed by atoms with E-state index in [-0.39, 0.29) is 5.91 Å². The van der Waals surface area contributed by atoms with Crippen LogP contribution in [0.2, 0.25) is 0 Å². The van der Waals surface area contributed by atoms with Gasteiger partial charge in [-0.1, -0.05) is 6.07 Å². The van der Waals surface area contributed by atoms with Crippen LogP contribution in [0.15, 0.2) is 24.3 Å². The number of allylic oxidation sites excluding steroid dienone is 1. The minimum absolute atomic E-state index is 0.0129. The van der Waals surface area contributed by atoms with Gasteiger partial charge in [0.15, 0.2) is 0 Å². The fourth-order valence-electron chi connectivity index (χ4n) is 2.97. The van der Waals surface area contributed by atoms with E-state index in [1.807, 2.05) is 25.2 Å². The van der Waals surface area contributed by atoms with Crippen molar-refractivity contribution in [1.29, 1.82) is 0 Å². The molecule has 0 saturated carbocycles. The fraction of sp³-hybridized carbons (Fsp3) is 0.267. The molecule has 4 rings (SSSR count). The number of carbonyl (C=O) groups is 1. The Hall–Kier alpha value is -2.43. The Labute approximate surface area is 116 Å². The quantitative estimate of drug-likeness (QED) is 0.790. The molecular weight excluding hydrogens is 252 g/mol. The molecule has 2 aliphatic rings. The zero-order valence-electron chi connectivity index (χ0n) is 11.3. The SMILES string of the molecule is C[N+]1=CCC=C1c1nc2cccc3c2n1CCNC3=O. The number of aromatic nitrogens is 2. The summed E-state index contributed by atoms with van der Waals surface area (Å²) in [6.45, 7) is 1.38. The normalized spacial score (nSPS) is 17.8. The predicted molar refractivity (Wildman–Crippen MR) is 76.9 cm³/mol. The fourth-order valence-corrected chi connectivity index (χ4v) is 2.97. The van der Waals surface area contributed by atoms with E-state index in [4.69, 9.17) is 4.98 Å². The highest BCUT2D eigenvalue weighted by Gasteiger charge is 2.27. The van der Waals surface area contributed by atoms with Gasteiger partial charge in [0.2, 0.25) is 11.5 Å². The molecule has 5 nitrogen and oxygen atoms in total. The number of carbonyl (C=O) groups excluding carboxylic acids is 1. The molecule has 5 heteroatoms. The minimum atomic E-state index is -0.0129. The van der Waals surface area contributed by atoms with Crippen molar-refractivity contribution in [2.75, 3.05) is 13.6 Å². The van der Waals surface area contributed by atoms with E-state index in [1.165, 1.54) is 0 Å². The maximum absolute atomic E-state index is 12.1. The van der Waals surface area contributed by atoms with Crippen molar-refractivity contribution in [2.24, 2.45) is 0 Å². The number of hydrogen-bond acceptors (Lipinski definition) is 2. The number of benzene rings is 1. The molecule has 1 amide bonds. The van der Waals surface area contributed by atoms with Gasteiger partial charge in [-0.3, -0.25) is 4.79 Å². The summed E-state index contributed by atoms with van der Waals surface area (Å²) in [6, 6.07) is 5.73. The Morgan fingerprint density at radius 3 is 3.10 bits per heavy atom. The van der Waals surface area contributed by atoms with Gasteiger partial charge in [0.05, 0.1) is 16.6 Å². The monoisotopic (exact) mass is 267 g/mol. The lowest BCUT2D eigenvalue weighted by Crippen LogP contribution is -2.24. The highest BCUT2D eigenvalue weighted by molar-refractivity contribution is 6.06. The lowest BCUT2D eigenvalue weighted by atomic mass is 10.2. The number of rotatable bonds is 1. The molecule has 1 aromatic carbocycles. The third kappa shape index (κ3) is 1.46. The molecule has 0 saturated heterocycles. The first-order valence-electron chi connectivity index (χ1n) is 6.80. The topological polar surface area (TPSA) is 49.9 Å². The van der Waals surface area contributed by atoms with Crippen LogP contribution < -0.4 is 5.32 Å². The van der Waals surface area contributed by atoms with E-state index in [2.05, 4.69) is 26.8 Å². The molecule has 2 aliphatic heterocycles. The van der Waals surface area contributed by atoms with Gasteiger partial charge in [0.25, 0.3) is 5.91 Å². The first-order valence-corrected chi connectivity index (χ1v) is 6.80. The molecule has 3 heterocycles. The summed E-state index contributed by atoms with van der Waals surface area (Å²) in [4.78, 5) is 16.8. The Morgan fingerprint density at radius 1 is 1.40 bits per heavy atom. The zero-order valence-corrected chi connectivity index (χ0v) is 11.3. The van der Waals surface area contributed by atoms with Crippen molar-refractivity contribution in [3.8, 4) is 0 Å².